The van der Waals surface area contributed by atoms with Crippen LogP contribution in [0.4, 0.5) is 24.5 Å². The number of piperidine rings is 1. The van der Waals surface area contributed by atoms with Gasteiger partial charge in [0.25, 0.3) is 5.69 Å². The number of hydrogen-bond acceptors (Lipinski definition) is 6. The summed E-state index contributed by atoms with van der Waals surface area (Å²) in [5.41, 5.74) is 1.08. The van der Waals surface area contributed by atoms with Gasteiger partial charge in [0.1, 0.15) is 5.75 Å². The van der Waals surface area contributed by atoms with Crippen molar-refractivity contribution in [1.82, 2.24) is 4.90 Å². The van der Waals surface area contributed by atoms with Gasteiger partial charge in [-0.25, -0.2) is 0 Å². The second kappa shape index (κ2) is 9.31. The SMILES string of the molecule is O=[N+]([O-])c1cc(NC2CCCN(Cc3ccccc3OC(F)(F)F)C2)ccc1CO. The molecule has 0 amide bonds. The molecule has 0 radical (unpaired) electrons. The van der Waals surface area contributed by atoms with E-state index in [0.717, 1.165) is 19.4 Å². The minimum atomic E-state index is -4.75. The zero-order chi connectivity index (χ0) is 21.7. The lowest BCUT2D eigenvalue weighted by Gasteiger charge is -2.34. The minimum absolute atomic E-state index is 0.0194. The number of aliphatic hydroxyl groups excluding tert-OH is 1. The molecule has 2 N–H and O–H groups in total. The van der Waals surface area contributed by atoms with Crippen molar-refractivity contribution in [2.45, 2.75) is 38.4 Å². The number of nitro benzene ring substituents is 1. The zero-order valence-electron chi connectivity index (χ0n) is 16.1. The molecule has 1 fully saturated rings. The number of alkyl halides is 3. The molecule has 0 aliphatic carbocycles. The molecule has 2 aromatic carbocycles. The van der Waals surface area contributed by atoms with Crippen LogP contribution in [0.1, 0.15) is 24.0 Å². The van der Waals surface area contributed by atoms with Crippen molar-refractivity contribution in [2.24, 2.45) is 0 Å². The van der Waals surface area contributed by atoms with Crippen molar-refractivity contribution in [3.05, 3.63) is 63.7 Å². The van der Waals surface area contributed by atoms with Crippen LogP contribution < -0.4 is 10.1 Å². The van der Waals surface area contributed by atoms with Crippen LogP contribution in [0, 0.1) is 10.1 Å². The van der Waals surface area contributed by atoms with E-state index >= 15 is 0 Å². The lowest BCUT2D eigenvalue weighted by atomic mass is 10.0. The fourth-order valence-corrected chi connectivity index (χ4v) is 3.61. The van der Waals surface area contributed by atoms with Gasteiger partial charge >= 0.3 is 6.36 Å². The molecule has 3 rings (SSSR count). The molecule has 0 aromatic heterocycles. The average Bonchev–Trinajstić information content (AvgIpc) is 2.68. The molecule has 1 atom stereocenters. The number of rotatable bonds is 7. The van der Waals surface area contributed by atoms with Crippen LogP contribution >= 0.6 is 0 Å². The Morgan fingerprint density at radius 1 is 1.23 bits per heavy atom. The quantitative estimate of drug-likeness (QED) is 0.514. The number of hydrogen-bond donors (Lipinski definition) is 2. The lowest BCUT2D eigenvalue weighted by Crippen LogP contribution is -2.41. The van der Waals surface area contributed by atoms with Gasteiger partial charge in [-0.05, 0) is 37.6 Å². The molecule has 162 valence electrons. The Balaban J connectivity index is 1.67. The average molecular weight is 425 g/mol. The molecule has 7 nitrogen and oxygen atoms in total. The largest absolute Gasteiger partial charge is 0.573 e. The van der Waals surface area contributed by atoms with E-state index in [4.69, 9.17) is 0 Å². The first-order valence-electron chi connectivity index (χ1n) is 9.46. The van der Waals surface area contributed by atoms with Crippen LogP contribution in [0.25, 0.3) is 0 Å². The van der Waals surface area contributed by atoms with Gasteiger partial charge in [0, 0.05) is 36.4 Å². The summed E-state index contributed by atoms with van der Waals surface area (Å²) in [6.45, 7) is 1.17. The topological polar surface area (TPSA) is 87.9 Å². The van der Waals surface area contributed by atoms with Crippen LogP contribution in [0.15, 0.2) is 42.5 Å². The summed E-state index contributed by atoms with van der Waals surface area (Å²) in [6.07, 6.45) is -3.10. The van der Waals surface area contributed by atoms with Crippen molar-refractivity contribution in [2.75, 3.05) is 18.4 Å². The number of aliphatic hydroxyl groups is 1. The van der Waals surface area contributed by atoms with E-state index in [9.17, 15) is 28.4 Å². The van der Waals surface area contributed by atoms with Gasteiger partial charge in [-0.2, -0.15) is 0 Å². The number of nitrogens with zero attached hydrogens (tertiary/aromatic N) is 2. The van der Waals surface area contributed by atoms with Crippen molar-refractivity contribution in [3.8, 4) is 5.75 Å². The fourth-order valence-electron chi connectivity index (χ4n) is 3.61. The Morgan fingerprint density at radius 3 is 2.70 bits per heavy atom. The first-order valence-corrected chi connectivity index (χ1v) is 9.46. The highest BCUT2D eigenvalue weighted by molar-refractivity contribution is 5.55. The standard InChI is InChI=1S/C20H22F3N3O4/c21-20(22,23)30-19-6-2-1-4-14(19)11-25-9-3-5-17(12-25)24-16-8-7-15(13-27)18(10-16)26(28)29/h1-2,4,6-8,10,17,24,27H,3,5,9,11-13H2. The zero-order valence-corrected chi connectivity index (χ0v) is 16.1. The van der Waals surface area contributed by atoms with Crippen LogP contribution in [0.3, 0.4) is 0 Å². The monoisotopic (exact) mass is 425 g/mol. The maximum Gasteiger partial charge on any atom is 0.573 e. The molecule has 0 spiro atoms. The van der Waals surface area contributed by atoms with Crippen LogP contribution in [-0.2, 0) is 13.2 Å². The number of ether oxygens (including phenoxy) is 1. The number of halogens is 3. The van der Waals surface area contributed by atoms with Gasteiger partial charge in [-0.3, -0.25) is 15.0 Å². The van der Waals surface area contributed by atoms with Crippen LogP contribution in [0.2, 0.25) is 0 Å². The summed E-state index contributed by atoms with van der Waals surface area (Å²) in [7, 11) is 0. The van der Waals surface area contributed by atoms with Gasteiger partial charge in [0.05, 0.1) is 17.1 Å². The third-order valence-corrected chi connectivity index (χ3v) is 4.92. The Morgan fingerprint density at radius 2 is 2.00 bits per heavy atom. The molecule has 2 aromatic rings. The normalized spacial score (nSPS) is 17.5. The number of benzene rings is 2. The Kier molecular flexibility index (Phi) is 6.78. The number of anilines is 1. The minimum Gasteiger partial charge on any atom is -0.405 e. The highest BCUT2D eigenvalue weighted by atomic mass is 19.4. The second-order valence-corrected chi connectivity index (χ2v) is 7.13. The predicted octanol–water partition coefficient (Wildman–Crippen LogP) is 4.06. The highest BCUT2D eigenvalue weighted by Crippen LogP contribution is 2.29. The van der Waals surface area contributed by atoms with Crippen molar-refractivity contribution in [3.63, 3.8) is 0 Å². The van der Waals surface area contributed by atoms with Crippen LogP contribution in [-0.4, -0.2) is 40.4 Å². The van der Waals surface area contributed by atoms with Gasteiger partial charge in [-0.15, -0.1) is 13.2 Å². The maximum atomic E-state index is 12.6. The van der Waals surface area contributed by atoms with Gasteiger partial charge in [-0.1, -0.05) is 18.2 Å². The first-order chi connectivity index (χ1) is 14.2. The molecule has 1 heterocycles. The molecule has 1 aliphatic heterocycles. The fraction of sp³-hybridized carbons (Fsp3) is 0.400. The van der Waals surface area contributed by atoms with Crippen molar-refractivity contribution < 1.29 is 27.9 Å². The highest BCUT2D eigenvalue weighted by Gasteiger charge is 2.32. The van der Waals surface area contributed by atoms with Crippen LogP contribution in [0.5, 0.6) is 5.75 Å². The second-order valence-electron chi connectivity index (χ2n) is 7.13. The smallest absolute Gasteiger partial charge is 0.405 e. The maximum absolute atomic E-state index is 12.6. The summed E-state index contributed by atoms with van der Waals surface area (Å²) in [6, 6.07) is 10.6. The molecular formula is C20H22F3N3O4. The Labute approximate surface area is 171 Å². The van der Waals surface area contributed by atoms with Crippen molar-refractivity contribution >= 4 is 11.4 Å². The van der Waals surface area contributed by atoms with E-state index in [1.807, 2.05) is 4.90 Å². The summed E-state index contributed by atoms with van der Waals surface area (Å²) in [5.74, 6) is -0.213. The van der Waals surface area contributed by atoms with Crippen molar-refractivity contribution in [1.29, 1.82) is 0 Å². The predicted molar refractivity (Wildman–Crippen MR) is 104 cm³/mol. The molecule has 0 saturated carbocycles. The van der Waals surface area contributed by atoms with E-state index in [1.165, 1.54) is 24.3 Å². The number of para-hydroxylation sites is 1. The van der Waals surface area contributed by atoms with E-state index in [-0.39, 0.29) is 23.0 Å². The third-order valence-electron chi connectivity index (χ3n) is 4.92. The Bertz CT molecular complexity index is 892. The van der Waals surface area contributed by atoms with E-state index < -0.39 is 17.9 Å². The van der Waals surface area contributed by atoms with Gasteiger partial charge in [0.15, 0.2) is 0 Å². The first kappa shape index (κ1) is 21.8. The number of likely N-dealkylation sites (tertiary alicyclic amines) is 1. The molecular weight excluding hydrogens is 403 g/mol. The summed E-state index contributed by atoms with van der Waals surface area (Å²) < 4.78 is 42.0. The summed E-state index contributed by atoms with van der Waals surface area (Å²) in [4.78, 5) is 12.7. The number of nitrogens with one attached hydrogen (secondary N) is 1. The summed E-state index contributed by atoms with van der Waals surface area (Å²) in [5, 5.41) is 23.7. The molecule has 1 saturated heterocycles. The summed E-state index contributed by atoms with van der Waals surface area (Å²) >= 11 is 0. The molecule has 30 heavy (non-hydrogen) atoms. The molecule has 10 heteroatoms. The molecule has 0 bridgehead atoms. The van der Waals surface area contributed by atoms with Gasteiger partial charge in [0.2, 0.25) is 0 Å². The Hall–Kier alpha value is -2.85. The third kappa shape index (κ3) is 5.83. The van der Waals surface area contributed by atoms with E-state index in [2.05, 4.69) is 10.1 Å². The number of nitro groups is 1. The van der Waals surface area contributed by atoms with E-state index in [1.54, 1.807) is 18.2 Å². The van der Waals surface area contributed by atoms with Gasteiger partial charge < -0.3 is 15.2 Å². The molecule has 1 unspecified atom stereocenters. The lowest BCUT2D eigenvalue weighted by molar-refractivity contribution is -0.385. The van der Waals surface area contributed by atoms with E-state index in [0.29, 0.717) is 24.3 Å². The molecule has 1 aliphatic rings.